The van der Waals surface area contributed by atoms with Crippen molar-refractivity contribution in [2.24, 2.45) is 5.92 Å². The van der Waals surface area contributed by atoms with Gasteiger partial charge < -0.3 is 16.0 Å². The van der Waals surface area contributed by atoms with Crippen molar-refractivity contribution in [3.05, 3.63) is 46.8 Å². The minimum absolute atomic E-state index is 0.0502. The van der Waals surface area contributed by atoms with Crippen molar-refractivity contribution >= 4 is 23.1 Å². The van der Waals surface area contributed by atoms with Crippen LogP contribution in [0.1, 0.15) is 39.9 Å². The molecule has 202 valence electrons. The molecule has 2 aliphatic rings. The number of likely N-dealkylation sites (tertiary alicyclic amines) is 1. The maximum Gasteiger partial charge on any atom is 0.418 e. The van der Waals surface area contributed by atoms with Gasteiger partial charge in [0.2, 0.25) is 5.91 Å². The van der Waals surface area contributed by atoms with Crippen molar-refractivity contribution in [3.8, 4) is 11.3 Å². The van der Waals surface area contributed by atoms with Gasteiger partial charge in [-0.3, -0.25) is 9.59 Å². The average molecular weight is 537 g/mol. The molecule has 2 aromatic heterocycles. The summed E-state index contributed by atoms with van der Waals surface area (Å²) in [6.45, 7) is 3.09. The van der Waals surface area contributed by atoms with Gasteiger partial charge in [0.15, 0.2) is 5.82 Å². The van der Waals surface area contributed by atoms with E-state index in [1.54, 1.807) is 19.9 Å². The highest BCUT2D eigenvalue weighted by Crippen LogP contribution is 2.40. The van der Waals surface area contributed by atoms with Gasteiger partial charge in [-0.2, -0.15) is 18.3 Å². The number of fused-ring (bicyclic) bond motifs is 1. The Morgan fingerprint density at radius 2 is 1.79 bits per heavy atom. The molecular formula is C25H25F5N6O2. The van der Waals surface area contributed by atoms with E-state index < -0.39 is 47.5 Å². The molecule has 5 rings (SSSR count). The minimum Gasteiger partial charge on any atom is -0.382 e. The van der Waals surface area contributed by atoms with E-state index in [1.807, 2.05) is 0 Å². The molecule has 2 amide bonds. The first-order valence-electron chi connectivity index (χ1n) is 12.0. The molecule has 13 heteroatoms. The van der Waals surface area contributed by atoms with E-state index in [9.17, 15) is 31.5 Å². The van der Waals surface area contributed by atoms with Crippen LogP contribution >= 0.6 is 0 Å². The van der Waals surface area contributed by atoms with Crippen LogP contribution in [0.3, 0.4) is 0 Å². The molecule has 3 aromatic rings. The lowest BCUT2D eigenvalue weighted by atomic mass is 9.82. The fraction of sp³-hybridized carbons (Fsp3) is 0.440. The first kappa shape index (κ1) is 25.9. The van der Waals surface area contributed by atoms with Gasteiger partial charge in [-0.05, 0) is 49.9 Å². The number of alkyl halides is 5. The SMILES string of the molecule is Cc1cc(C)c(-c2cc(C(F)(F)F)c3c(N)ncnn23)cc1C(=O)N[C@@H]1CN(C(=O)C2CC(F)C2)C[C@@H]1F. The number of nitrogens with zero attached hydrogens (tertiary/aromatic N) is 4. The number of nitrogen functional groups attached to an aromatic ring is 1. The van der Waals surface area contributed by atoms with Gasteiger partial charge in [-0.25, -0.2) is 18.3 Å². The number of carbonyl (C=O) groups is 2. The first-order chi connectivity index (χ1) is 17.8. The zero-order chi connectivity index (χ0) is 27.5. The molecule has 8 nitrogen and oxygen atoms in total. The molecule has 1 aliphatic heterocycles. The number of rotatable bonds is 4. The summed E-state index contributed by atoms with van der Waals surface area (Å²) in [6.07, 6.45) is -5.98. The van der Waals surface area contributed by atoms with E-state index in [2.05, 4.69) is 15.4 Å². The van der Waals surface area contributed by atoms with E-state index in [1.165, 1.54) is 11.0 Å². The van der Waals surface area contributed by atoms with Crippen LogP contribution in [0.25, 0.3) is 16.8 Å². The monoisotopic (exact) mass is 536 g/mol. The molecule has 3 heterocycles. The zero-order valence-electron chi connectivity index (χ0n) is 20.5. The van der Waals surface area contributed by atoms with Crippen LogP contribution in [0.15, 0.2) is 24.5 Å². The van der Waals surface area contributed by atoms with Crippen LogP contribution in [0.5, 0.6) is 0 Å². The van der Waals surface area contributed by atoms with Gasteiger partial charge in [0.25, 0.3) is 5.91 Å². The Labute approximate surface area is 214 Å². The largest absolute Gasteiger partial charge is 0.418 e. The smallest absolute Gasteiger partial charge is 0.382 e. The number of aromatic nitrogens is 3. The molecule has 2 fully saturated rings. The molecule has 1 aliphatic carbocycles. The lowest BCUT2D eigenvalue weighted by molar-refractivity contribution is -0.139. The highest BCUT2D eigenvalue weighted by Gasteiger charge is 2.43. The van der Waals surface area contributed by atoms with Gasteiger partial charge in [0.05, 0.1) is 23.8 Å². The minimum atomic E-state index is -4.73. The van der Waals surface area contributed by atoms with Crippen LogP contribution in [0, 0.1) is 19.8 Å². The van der Waals surface area contributed by atoms with Crippen molar-refractivity contribution in [2.45, 2.75) is 51.3 Å². The van der Waals surface area contributed by atoms with Crippen molar-refractivity contribution in [1.82, 2.24) is 24.8 Å². The quantitative estimate of drug-likeness (QED) is 0.496. The lowest BCUT2D eigenvalue weighted by Crippen LogP contribution is -2.44. The Bertz CT molecular complexity index is 1430. The molecule has 0 spiro atoms. The van der Waals surface area contributed by atoms with Crippen LogP contribution < -0.4 is 11.1 Å². The standard InChI is InChI=1S/C25H25F5N6O2/c1-11-3-12(2)16(23(37)34-19-9-35(8-18(19)27)24(38)13-4-14(26)5-13)6-15(11)20-7-17(25(28,29)30)21-22(31)32-10-33-36(20)21/h3,6-7,10,13-14,18-19H,4-5,8-9H2,1-2H3,(H,34,37)(H2,31,32,33)/t13?,14?,18-,19+/m0/s1. The van der Waals surface area contributed by atoms with Crippen LogP contribution in [0.2, 0.25) is 0 Å². The Hall–Kier alpha value is -3.77. The summed E-state index contributed by atoms with van der Waals surface area (Å²) in [5, 5.41) is 6.57. The molecule has 0 bridgehead atoms. The second-order valence-electron chi connectivity index (χ2n) is 9.93. The number of hydrogen-bond donors (Lipinski definition) is 2. The Morgan fingerprint density at radius 3 is 2.45 bits per heavy atom. The molecule has 0 unspecified atom stereocenters. The Kier molecular flexibility index (Phi) is 6.27. The van der Waals surface area contributed by atoms with Crippen molar-refractivity contribution in [1.29, 1.82) is 0 Å². The summed E-state index contributed by atoms with van der Waals surface area (Å²) in [5.41, 5.74) is 5.92. The number of hydrogen-bond acceptors (Lipinski definition) is 5. The molecule has 1 aromatic carbocycles. The van der Waals surface area contributed by atoms with Gasteiger partial charge in [-0.1, -0.05) is 6.07 Å². The fourth-order valence-electron chi connectivity index (χ4n) is 5.18. The normalized spacial score (nSPS) is 23.5. The van der Waals surface area contributed by atoms with Crippen LogP contribution in [0.4, 0.5) is 27.8 Å². The lowest BCUT2D eigenvalue weighted by Gasteiger charge is -2.31. The molecule has 38 heavy (non-hydrogen) atoms. The third-order valence-corrected chi connectivity index (χ3v) is 7.29. The summed E-state index contributed by atoms with van der Waals surface area (Å²) in [5.74, 6) is -1.78. The highest BCUT2D eigenvalue weighted by molar-refractivity contribution is 5.97. The van der Waals surface area contributed by atoms with Crippen LogP contribution in [-0.4, -0.2) is 62.8 Å². The number of benzene rings is 1. The van der Waals surface area contributed by atoms with Gasteiger partial charge >= 0.3 is 6.18 Å². The van der Waals surface area contributed by atoms with Gasteiger partial charge in [-0.15, -0.1) is 0 Å². The first-order valence-corrected chi connectivity index (χ1v) is 12.0. The van der Waals surface area contributed by atoms with Crippen molar-refractivity contribution in [3.63, 3.8) is 0 Å². The van der Waals surface area contributed by atoms with E-state index in [0.29, 0.717) is 16.7 Å². The molecule has 1 saturated carbocycles. The number of nitrogens with two attached hydrogens (primary N) is 1. The Morgan fingerprint density at radius 1 is 1.08 bits per heavy atom. The Balaban J connectivity index is 1.44. The van der Waals surface area contributed by atoms with E-state index in [0.717, 1.165) is 16.9 Å². The molecule has 1 saturated heterocycles. The topological polar surface area (TPSA) is 106 Å². The summed E-state index contributed by atoms with van der Waals surface area (Å²) in [4.78, 5) is 30.7. The number of aryl methyl sites for hydroxylation is 2. The van der Waals surface area contributed by atoms with Gasteiger partial charge in [0.1, 0.15) is 24.2 Å². The molecule has 3 N–H and O–H groups in total. The average Bonchev–Trinajstić information content (AvgIpc) is 3.38. The third-order valence-electron chi connectivity index (χ3n) is 7.29. The number of anilines is 1. The second-order valence-corrected chi connectivity index (χ2v) is 9.93. The van der Waals surface area contributed by atoms with E-state index >= 15 is 0 Å². The molecule has 2 atom stereocenters. The van der Waals surface area contributed by atoms with Crippen LogP contribution in [-0.2, 0) is 11.0 Å². The van der Waals surface area contributed by atoms with Crippen molar-refractivity contribution in [2.75, 3.05) is 18.8 Å². The highest BCUT2D eigenvalue weighted by atomic mass is 19.4. The summed E-state index contributed by atoms with van der Waals surface area (Å²) >= 11 is 0. The van der Waals surface area contributed by atoms with E-state index in [-0.39, 0.29) is 48.9 Å². The molecule has 0 radical (unpaired) electrons. The summed E-state index contributed by atoms with van der Waals surface area (Å²) in [6, 6.07) is 3.00. The number of nitrogens with one attached hydrogen (secondary N) is 1. The predicted octanol–water partition coefficient (Wildman–Crippen LogP) is 3.64. The third kappa shape index (κ3) is 4.43. The number of carbonyl (C=O) groups excluding carboxylic acids is 2. The van der Waals surface area contributed by atoms with Gasteiger partial charge in [0, 0.05) is 23.6 Å². The fourth-order valence-corrected chi connectivity index (χ4v) is 5.18. The predicted molar refractivity (Wildman–Crippen MR) is 128 cm³/mol. The summed E-state index contributed by atoms with van der Waals surface area (Å²) in [7, 11) is 0. The van der Waals surface area contributed by atoms with E-state index in [4.69, 9.17) is 5.73 Å². The molecular weight excluding hydrogens is 511 g/mol. The number of amides is 2. The van der Waals surface area contributed by atoms with Crippen molar-refractivity contribution < 1.29 is 31.5 Å². The second kappa shape index (κ2) is 9.21. The maximum absolute atomic E-state index is 14.8. The maximum atomic E-state index is 14.8. The summed E-state index contributed by atoms with van der Waals surface area (Å²) < 4.78 is 70.3. The number of halogens is 5. The zero-order valence-corrected chi connectivity index (χ0v) is 20.5.